The highest BCUT2D eigenvalue weighted by Gasteiger charge is 2.05. The highest BCUT2D eigenvalue weighted by atomic mass is 16.2. The van der Waals surface area contributed by atoms with Crippen LogP contribution < -0.4 is 11.1 Å². The van der Waals surface area contributed by atoms with Crippen LogP contribution in [0.15, 0.2) is 24.3 Å². The second kappa shape index (κ2) is 5.42. The molecule has 1 amide bonds. The van der Waals surface area contributed by atoms with E-state index < -0.39 is 6.04 Å². The minimum absolute atomic E-state index is 0.160. The molecule has 0 bridgehead atoms. The number of hydrogen-bond acceptors (Lipinski definition) is 3. The number of nitrogens with two attached hydrogens (primary N) is 1. The van der Waals surface area contributed by atoms with Crippen molar-refractivity contribution in [1.82, 2.24) is 5.32 Å². The van der Waals surface area contributed by atoms with Crippen molar-refractivity contribution in [3.63, 3.8) is 0 Å². The topological polar surface area (TPSA) is 79.0 Å². The first-order valence-corrected chi connectivity index (χ1v) is 5.18. The van der Waals surface area contributed by atoms with Gasteiger partial charge in [0.1, 0.15) is 0 Å². The van der Waals surface area contributed by atoms with Gasteiger partial charge in [-0.15, -0.1) is 0 Å². The van der Waals surface area contributed by atoms with E-state index >= 15 is 0 Å². The van der Waals surface area contributed by atoms with Crippen LogP contribution in [0, 0.1) is 5.41 Å². The molecule has 1 rings (SSSR count). The average Bonchev–Trinajstić information content (AvgIpc) is 2.26. The number of benzene rings is 1. The molecule has 0 fully saturated rings. The molecule has 0 spiro atoms. The number of nitrogens with one attached hydrogen (secondary N) is 2. The van der Waals surface area contributed by atoms with Gasteiger partial charge >= 0.3 is 0 Å². The maximum absolute atomic E-state index is 11.2. The third-order valence-electron chi connectivity index (χ3n) is 2.27. The summed E-state index contributed by atoms with van der Waals surface area (Å²) in [4.78, 5) is 11.2. The molecule has 0 saturated heterocycles. The summed E-state index contributed by atoms with van der Waals surface area (Å²) in [6, 6.07) is 7.05. The molecule has 4 N–H and O–H groups in total. The minimum Gasteiger partial charge on any atom is -0.351 e. The summed E-state index contributed by atoms with van der Waals surface area (Å²) < 4.78 is 0. The molecule has 4 nitrogen and oxygen atoms in total. The molecule has 0 saturated carbocycles. The molecule has 16 heavy (non-hydrogen) atoms. The number of amides is 1. The van der Waals surface area contributed by atoms with Crippen LogP contribution >= 0.6 is 0 Å². The summed E-state index contributed by atoms with van der Waals surface area (Å²) >= 11 is 0. The molecule has 86 valence electrons. The molecule has 0 unspecified atom stereocenters. The quantitative estimate of drug-likeness (QED) is 0.661. The van der Waals surface area contributed by atoms with Crippen molar-refractivity contribution in [3.8, 4) is 0 Å². The van der Waals surface area contributed by atoms with Gasteiger partial charge in [-0.1, -0.05) is 24.3 Å². The Morgan fingerprint density at radius 1 is 1.44 bits per heavy atom. The van der Waals surface area contributed by atoms with Crippen LogP contribution in [-0.4, -0.2) is 17.7 Å². The largest absolute Gasteiger partial charge is 0.351 e. The normalized spacial score (nSPS) is 11.9. The van der Waals surface area contributed by atoms with E-state index in [0.717, 1.165) is 11.1 Å². The van der Waals surface area contributed by atoms with Crippen molar-refractivity contribution in [2.75, 3.05) is 0 Å². The second-order valence-corrected chi connectivity index (χ2v) is 3.83. The van der Waals surface area contributed by atoms with Crippen LogP contribution in [-0.2, 0) is 11.3 Å². The van der Waals surface area contributed by atoms with Crippen molar-refractivity contribution >= 4 is 11.6 Å². The third-order valence-corrected chi connectivity index (χ3v) is 2.27. The molecular formula is C12H17N3O. The molecule has 1 aromatic rings. The van der Waals surface area contributed by atoms with Crippen LogP contribution in [0.3, 0.4) is 0 Å². The van der Waals surface area contributed by atoms with Gasteiger partial charge in [-0.3, -0.25) is 4.79 Å². The SMILES string of the molecule is CC(=N)c1ccc(CNC(=O)[C@H](C)N)cc1. The van der Waals surface area contributed by atoms with E-state index in [9.17, 15) is 4.79 Å². The lowest BCUT2D eigenvalue weighted by atomic mass is 10.1. The van der Waals surface area contributed by atoms with Gasteiger partial charge in [0, 0.05) is 12.3 Å². The van der Waals surface area contributed by atoms with Gasteiger partial charge in [-0.05, 0) is 25.0 Å². The summed E-state index contributed by atoms with van der Waals surface area (Å²) in [7, 11) is 0. The summed E-state index contributed by atoms with van der Waals surface area (Å²) in [5, 5.41) is 10.2. The Balaban J connectivity index is 2.56. The molecule has 0 heterocycles. The zero-order valence-corrected chi connectivity index (χ0v) is 9.58. The van der Waals surface area contributed by atoms with Crippen LogP contribution in [0.2, 0.25) is 0 Å². The monoisotopic (exact) mass is 219 g/mol. The lowest BCUT2D eigenvalue weighted by Gasteiger charge is -2.08. The smallest absolute Gasteiger partial charge is 0.236 e. The van der Waals surface area contributed by atoms with E-state index in [2.05, 4.69) is 5.32 Å². The van der Waals surface area contributed by atoms with Gasteiger partial charge in [-0.2, -0.15) is 0 Å². The van der Waals surface area contributed by atoms with Crippen molar-refractivity contribution in [3.05, 3.63) is 35.4 Å². The number of hydrogen-bond donors (Lipinski definition) is 3. The fourth-order valence-electron chi connectivity index (χ4n) is 1.22. The molecular weight excluding hydrogens is 202 g/mol. The Morgan fingerprint density at radius 3 is 2.44 bits per heavy atom. The number of carbonyl (C=O) groups excluding carboxylic acids is 1. The van der Waals surface area contributed by atoms with Gasteiger partial charge in [0.25, 0.3) is 0 Å². The molecule has 1 atom stereocenters. The van der Waals surface area contributed by atoms with Crippen molar-refractivity contribution in [2.45, 2.75) is 26.4 Å². The summed E-state index contributed by atoms with van der Waals surface area (Å²) in [5.41, 5.74) is 7.85. The second-order valence-electron chi connectivity index (χ2n) is 3.83. The highest BCUT2D eigenvalue weighted by molar-refractivity contribution is 5.96. The first-order chi connectivity index (χ1) is 7.50. The molecule has 1 aromatic carbocycles. The maximum atomic E-state index is 11.2. The first-order valence-electron chi connectivity index (χ1n) is 5.18. The molecule has 4 heteroatoms. The van der Waals surface area contributed by atoms with Crippen LogP contribution in [0.25, 0.3) is 0 Å². The van der Waals surface area contributed by atoms with Gasteiger partial charge < -0.3 is 16.5 Å². The van der Waals surface area contributed by atoms with E-state index in [1.165, 1.54) is 0 Å². The van der Waals surface area contributed by atoms with Crippen molar-refractivity contribution < 1.29 is 4.79 Å². The number of carbonyl (C=O) groups is 1. The predicted molar refractivity (Wildman–Crippen MR) is 64.4 cm³/mol. The lowest BCUT2D eigenvalue weighted by Crippen LogP contribution is -2.37. The Labute approximate surface area is 95.4 Å². The predicted octanol–water partition coefficient (Wildman–Crippen LogP) is 1.04. The zero-order chi connectivity index (χ0) is 12.1. The fraction of sp³-hybridized carbons (Fsp3) is 0.333. The maximum Gasteiger partial charge on any atom is 0.236 e. The van der Waals surface area contributed by atoms with Gasteiger partial charge in [0.05, 0.1) is 6.04 Å². The first kappa shape index (κ1) is 12.4. The molecule has 0 aliphatic heterocycles. The van der Waals surface area contributed by atoms with E-state index in [0.29, 0.717) is 12.3 Å². The van der Waals surface area contributed by atoms with E-state index in [1.54, 1.807) is 13.8 Å². The zero-order valence-electron chi connectivity index (χ0n) is 9.58. The fourth-order valence-corrected chi connectivity index (χ4v) is 1.22. The van der Waals surface area contributed by atoms with Crippen LogP contribution in [0.4, 0.5) is 0 Å². The average molecular weight is 219 g/mol. The third kappa shape index (κ3) is 3.47. The molecule has 0 aliphatic rings. The summed E-state index contributed by atoms with van der Waals surface area (Å²) in [5.74, 6) is -0.160. The summed E-state index contributed by atoms with van der Waals surface area (Å²) in [6.45, 7) is 3.86. The van der Waals surface area contributed by atoms with Crippen LogP contribution in [0.5, 0.6) is 0 Å². The van der Waals surface area contributed by atoms with E-state index in [1.807, 2.05) is 24.3 Å². The standard InChI is InChI=1S/C12H17N3O/c1-8(13)11-5-3-10(4-6-11)7-15-12(16)9(2)14/h3-6,9,13H,7,14H2,1-2H3,(H,15,16)/t9-/m0/s1. The van der Waals surface area contributed by atoms with E-state index in [4.69, 9.17) is 11.1 Å². The molecule has 0 aliphatic carbocycles. The van der Waals surface area contributed by atoms with Gasteiger partial charge in [-0.25, -0.2) is 0 Å². The Bertz CT molecular complexity index is 382. The Kier molecular flexibility index (Phi) is 4.19. The van der Waals surface area contributed by atoms with Crippen molar-refractivity contribution in [2.24, 2.45) is 5.73 Å². The van der Waals surface area contributed by atoms with Crippen molar-refractivity contribution in [1.29, 1.82) is 5.41 Å². The minimum atomic E-state index is -0.483. The van der Waals surface area contributed by atoms with Crippen LogP contribution in [0.1, 0.15) is 25.0 Å². The highest BCUT2D eigenvalue weighted by Crippen LogP contribution is 2.04. The van der Waals surface area contributed by atoms with E-state index in [-0.39, 0.29) is 5.91 Å². The molecule has 0 radical (unpaired) electrons. The lowest BCUT2D eigenvalue weighted by molar-refractivity contribution is -0.122. The Hall–Kier alpha value is -1.68. The van der Waals surface area contributed by atoms with Gasteiger partial charge in [0.2, 0.25) is 5.91 Å². The van der Waals surface area contributed by atoms with Gasteiger partial charge in [0.15, 0.2) is 0 Å². The summed E-state index contributed by atoms with van der Waals surface area (Å²) in [6.07, 6.45) is 0. The Morgan fingerprint density at radius 2 is 2.00 bits per heavy atom. The number of rotatable bonds is 4. The molecule has 0 aromatic heterocycles.